The second-order valence-corrected chi connectivity index (χ2v) is 5.49. The molecule has 1 heteroatoms. The lowest BCUT2D eigenvalue weighted by Gasteiger charge is -2.23. The predicted octanol–water partition coefficient (Wildman–Crippen LogP) is 2.13. The fraction of sp³-hybridized carbons (Fsp3) is 1.00. The highest BCUT2D eigenvalue weighted by Gasteiger charge is 2.59. The van der Waals surface area contributed by atoms with E-state index in [1.165, 1.54) is 32.4 Å². The topological polar surface area (TPSA) is 3.01 Å². The molecule has 0 aromatic carbocycles. The van der Waals surface area contributed by atoms with E-state index in [1.54, 1.807) is 0 Å². The summed E-state index contributed by atoms with van der Waals surface area (Å²) in [6.07, 6.45) is 4.55. The Labute approximate surface area is 75.1 Å². The number of rotatable bonds is 0. The lowest BCUT2D eigenvalue weighted by atomic mass is 9.80. The molecule has 12 heavy (non-hydrogen) atoms. The van der Waals surface area contributed by atoms with Crippen molar-refractivity contribution >= 4 is 0 Å². The maximum atomic E-state index is 2.67. The molecule has 3 aliphatic rings. The van der Waals surface area contributed by atoms with Crippen LogP contribution in [0.15, 0.2) is 0 Å². The highest BCUT2D eigenvalue weighted by molar-refractivity contribution is 5.12. The molecule has 2 heterocycles. The highest BCUT2D eigenvalue weighted by atomic mass is 15.3. The number of hydrogen-bond acceptors (Lipinski definition) is 1. The van der Waals surface area contributed by atoms with Crippen LogP contribution < -0.4 is 0 Å². The Balaban J connectivity index is 1.84. The molecule has 3 rings (SSSR count). The Morgan fingerprint density at radius 1 is 1.17 bits per heavy atom. The summed E-state index contributed by atoms with van der Waals surface area (Å²) in [5.41, 5.74) is 0.791. The van der Waals surface area contributed by atoms with Gasteiger partial charge in [-0.1, -0.05) is 13.8 Å². The quantitative estimate of drug-likeness (QED) is 0.497. The van der Waals surface area contributed by atoms with Crippen LogP contribution in [0.2, 0.25) is 0 Å². The number of piperidine rings is 1. The standard InChI is InChI=1S/C11H19N/c1-8-5-11(6-9(8)2)3-4-12-7-10(11)12/h8-10H,3-7H2,1-2H3. The first kappa shape index (κ1) is 7.37. The molecular weight excluding hydrogens is 146 g/mol. The highest BCUT2D eigenvalue weighted by Crippen LogP contribution is 2.58. The van der Waals surface area contributed by atoms with E-state index in [1.807, 2.05) is 0 Å². The van der Waals surface area contributed by atoms with Crippen LogP contribution in [0.25, 0.3) is 0 Å². The third-order valence-electron chi connectivity index (χ3n) is 4.75. The molecule has 4 atom stereocenters. The molecule has 0 bridgehead atoms. The molecule has 4 unspecified atom stereocenters. The average Bonchev–Trinajstić information content (AvgIpc) is 2.67. The van der Waals surface area contributed by atoms with Gasteiger partial charge in [0.25, 0.3) is 0 Å². The zero-order valence-corrected chi connectivity index (χ0v) is 8.21. The van der Waals surface area contributed by atoms with E-state index in [-0.39, 0.29) is 0 Å². The molecular formula is C11H19N. The van der Waals surface area contributed by atoms with E-state index in [2.05, 4.69) is 18.7 Å². The van der Waals surface area contributed by atoms with Crippen molar-refractivity contribution in [1.29, 1.82) is 0 Å². The van der Waals surface area contributed by atoms with E-state index in [0.717, 1.165) is 23.3 Å². The minimum atomic E-state index is 0.791. The zero-order chi connectivity index (χ0) is 8.34. The summed E-state index contributed by atoms with van der Waals surface area (Å²) >= 11 is 0. The van der Waals surface area contributed by atoms with Crippen molar-refractivity contribution < 1.29 is 0 Å². The van der Waals surface area contributed by atoms with Crippen molar-refractivity contribution in [3.8, 4) is 0 Å². The van der Waals surface area contributed by atoms with Gasteiger partial charge in [0, 0.05) is 12.6 Å². The summed E-state index contributed by atoms with van der Waals surface area (Å²) < 4.78 is 0. The van der Waals surface area contributed by atoms with Crippen molar-refractivity contribution in [1.82, 2.24) is 4.90 Å². The van der Waals surface area contributed by atoms with Gasteiger partial charge in [0.15, 0.2) is 0 Å². The summed E-state index contributed by atoms with van der Waals surface area (Å²) in [5, 5.41) is 0. The van der Waals surface area contributed by atoms with Crippen LogP contribution in [-0.2, 0) is 0 Å². The first-order valence-electron chi connectivity index (χ1n) is 5.45. The molecule has 1 nitrogen and oxygen atoms in total. The van der Waals surface area contributed by atoms with Crippen molar-refractivity contribution in [2.75, 3.05) is 13.1 Å². The molecule has 2 saturated heterocycles. The van der Waals surface area contributed by atoms with E-state index in [9.17, 15) is 0 Å². The fourth-order valence-corrected chi connectivity index (χ4v) is 3.78. The molecule has 68 valence electrons. The van der Waals surface area contributed by atoms with Gasteiger partial charge < -0.3 is 0 Å². The van der Waals surface area contributed by atoms with E-state index in [4.69, 9.17) is 0 Å². The van der Waals surface area contributed by atoms with E-state index < -0.39 is 0 Å². The minimum Gasteiger partial charge on any atom is -0.297 e. The maximum absolute atomic E-state index is 2.67. The van der Waals surface area contributed by atoms with Gasteiger partial charge in [0.1, 0.15) is 0 Å². The molecule has 0 aromatic rings. The Morgan fingerprint density at radius 2 is 1.83 bits per heavy atom. The summed E-state index contributed by atoms with van der Waals surface area (Å²) in [6, 6.07) is 1.02. The molecule has 3 fully saturated rings. The lowest BCUT2D eigenvalue weighted by molar-refractivity contribution is 0.292. The molecule has 0 amide bonds. The van der Waals surface area contributed by atoms with E-state index in [0.29, 0.717) is 0 Å². The monoisotopic (exact) mass is 165 g/mol. The fourth-order valence-electron chi connectivity index (χ4n) is 3.78. The first-order valence-corrected chi connectivity index (χ1v) is 5.45. The normalized spacial score (nSPS) is 62.5. The predicted molar refractivity (Wildman–Crippen MR) is 50.0 cm³/mol. The molecule has 0 N–H and O–H groups in total. The SMILES string of the molecule is CC1CC2(CCN3CC32)CC1C. The number of fused-ring (bicyclic) bond motifs is 2. The summed E-state index contributed by atoms with van der Waals surface area (Å²) in [6.45, 7) is 7.73. The van der Waals surface area contributed by atoms with Crippen LogP contribution in [0.3, 0.4) is 0 Å². The largest absolute Gasteiger partial charge is 0.297 e. The maximum Gasteiger partial charge on any atom is 0.0280 e. The minimum absolute atomic E-state index is 0.791. The lowest BCUT2D eigenvalue weighted by Crippen LogP contribution is -2.21. The van der Waals surface area contributed by atoms with Crippen molar-refractivity contribution in [2.45, 2.75) is 39.2 Å². The second kappa shape index (κ2) is 2.06. The number of nitrogens with zero attached hydrogens (tertiary/aromatic N) is 1. The number of hydrogen-bond donors (Lipinski definition) is 0. The smallest absolute Gasteiger partial charge is 0.0280 e. The van der Waals surface area contributed by atoms with Crippen LogP contribution in [-0.4, -0.2) is 24.0 Å². The van der Waals surface area contributed by atoms with Crippen LogP contribution in [0, 0.1) is 17.3 Å². The molecule has 1 saturated carbocycles. The Bertz CT molecular complexity index is 201. The van der Waals surface area contributed by atoms with Gasteiger partial charge >= 0.3 is 0 Å². The van der Waals surface area contributed by atoms with Gasteiger partial charge in [-0.25, -0.2) is 0 Å². The van der Waals surface area contributed by atoms with Crippen molar-refractivity contribution in [3.63, 3.8) is 0 Å². The van der Waals surface area contributed by atoms with Gasteiger partial charge in [0.05, 0.1) is 0 Å². The van der Waals surface area contributed by atoms with Gasteiger partial charge in [-0.3, -0.25) is 4.90 Å². The molecule has 1 spiro atoms. The van der Waals surface area contributed by atoms with Crippen molar-refractivity contribution in [3.05, 3.63) is 0 Å². The van der Waals surface area contributed by atoms with Crippen LogP contribution in [0.1, 0.15) is 33.1 Å². The summed E-state index contributed by atoms with van der Waals surface area (Å²) in [5.74, 6) is 1.98. The van der Waals surface area contributed by atoms with Crippen LogP contribution >= 0.6 is 0 Å². The van der Waals surface area contributed by atoms with Crippen LogP contribution in [0.4, 0.5) is 0 Å². The summed E-state index contributed by atoms with van der Waals surface area (Å²) in [4.78, 5) is 2.67. The van der Waals surface area contributed by atoms with Crippen LogP contribution in [0.5, 0.6) is 0 Å². The van der Waals surface area contributed by atoms with Gasteiger partial charge in [-0.05, 0) is 43.1 Å². The second-order valence-electron chi connectivity index (χ2n) is 5.49. The summed E-state index contributed by atoms with van der Waals surface area (Å²) in [7, 11) is 0. The van der Waals surface area contributed by atoms with Gasteiger partial charge in [-0.15, -0.1) is 0 Å². The third-order valence-corrected chi connectivity index (χ3v) is 4.75. The third kappa shape index (κ3) is 0.783. The Kier molecular flexibility index (Phi) is 1.27. The zero-order valence-electron chi connectivity index (χ0n) is 8.21. The molecule has 1 aliphatic carbocycles. The van der Waals surface area contributed by atoms with Crippen molar-refractivity contribution in [2.24, 2.45) is 17.3 Å². The van der Waals surface area contributed by atoms with E-state index >= 15 is 0 Å². The first-order chi connectivity index (χ1) is 5.71. The molecule has 2 aliphatic heterocycles. The van der Waals surface area contributed by atoms with Gasteiger partial charge in [-0.2, -0.15) is 0 Å². The van der Waals surface area contributed by atoms with Gasteiger partial charge in [0.2, 0.25) is 0 Å². The molecule has 0 radical (unpaired) electrons. The average molecular weight is 165 g/mol. The molecule has 0 aromatic heterocycles. The Morgan fingerprint density at radius 3 is 2.25 bits per heavy atom. The Hall–Kier alpha value is -0.0400.